The lowest BCUT2D eigenvalue weighted by molar-refractivity contribution is -0.119. The zero-order valence-corrected chi connectivity index (χ0v) is 19.7. The third kappa shape index (κ3) is 3.79. The quantitative estimate of drug-likeness (QED) is 0.465. The predicted molar refractivity (Wildman–Crippen MR) is 130 cm³/mol. The molecular formula is C25H25F2N7O2. The maximum atomic E-state index is 15.7. The highest BCUT2D eigenvalue weighted by atomic mass is 19.1. The van der Waals surface area contributed by atoms with Crippen molar-refractivity contribution >= 4 is 28.4 Å². The van der Waals surface area contributed by atoms with E-state index in [-0.39, 0.29) is 23.2 Å². The van der Waals surface area contributed by atoms with E-state index in [1.54, 1.807) is 29.2 Å². The van der Waals surface area contributed by atoms with Gasteiger partial charge in [0, 0.05) is 42.2 Å². The molecule has 1 N–H and O–H groups in total. The van der Waals surface area contributed by atoms with Crippen molar-refractivity contribution in [1.82, 2.24) is 25.0 Å². The average molecular weight is 494 g/mol. The number of aromatic amines is 1. The Morgan fingerprint density at radius 3 is 2.69 bits per heavy atom. The number of pyridine rings is 1. The van der Waals surface area contributed by atoms with Crippen LogP contribution in [0.2, 0.25) is 0 Å². The number of carbonyl (C=O) groups is 1. The molecule has 6 rings (SSSR count). The van der Waals surface area contributed by atoms with E-state index in [9.17, 15) is 4.79 Å². The highest BCUT2D eigenvalue weighted by Crippen LogP contribution is 2.38. The predicted octanol–water partition coefficient (Wildman–Crippen LogP) is 3.83. The Labute approximate surface area is 205 Å². The molecule has 1 aromatic carbocycles. The second kappa shape index (κ2) is 8.98. The number of anilines is 2. The third-order valence-electron chi connectivity index (χ3n) is 6.84. The zero-order chi connectivity index (χ0) is 24.8. The van der Waals surface area contributed by atoms with Gasteiger partial charge < -0.3 is 14.5 Å². The fourth-order valence-electron chi connectivity index (χ4n) is 5.00. The van der Waals surface area contributed by atoms with Gasteiger partial charge in [0.25, 0.3) is 0 Å². The third-order valence-corrected chi connectivity index (χ3v) is 6.84. The number of H-pyrrole nitrogens is 1. The summed E-state index contributed by atoms with van der Waals surface area (Å²) in [6.45, 7) is 4.12. The van der Waals surface area contributed by atoms with Gasteiger partial charge in [0.2, 0.25) is 5.91 Å². The molecule has 1 amide bonds. The number of fused-ring (bicyclic) bond motifs is 1. The molecule has 0 saturated carbocycles. The van der Waals surface area contributed by atoms with Crippen molar-refractivity contribution in [2.24, 2.45) is 0 Å². The Hall–Kier alpha value is -3.86. The number of hydrogen-bond acceptors (Lipinski definition) is 6. The van der Waals surface area contributed by atoms with Crippen LogP contribution in [0.25, 0.3) is 28.0 Å². The van der Waals surface area contributed by atoms with Crippen LogP contribution in [0.15, 0.2) is 36.7 Å². The Morgan fingerprint density at radius 2 is 1.97 bits per heavy atom. The molecule has 2 aliphatic heterocycles. The van der Waals surface area contributed by atoms with Crippen LogP contribution in [-0.2, 0) is 9.53 Å². The van der Waals surface area contributed by atoms with E-state index in [1.807, 2.05) is 6.92 Å². The maximum Gasteiger partial charge on any atom is 0.226 e. The van der Waals surface area contributed by atoms with E-state index in [0.29, 0.717) is 61.0 Å². The molecule has 2 fully saturated rings. The first kappa shape index (κ1) is 22.6. The van der Waals surface area contributed by atoms with Crippen LogP contribution >= 0.6 is 0 Å². The summed E-state index contributed by atoms with van der Waals surface area (Å²) in [5.41, 5.74) is 0.839. The molecule has 0 spiro atoms. The largest absolute Gasteiger partial charge is 0.377 e. The van der Waals surface area contributed by atoms with Crippen LogP contribution in [0, 0.1) is 11.6 Å². The van der Waals surface area contributed by atoms with Crippen molar-refractivity contribution in [2.45, 2.75) is 32.2 Å². The number of piperidine rings is 1. The maximum absolute atomic E-state index is 15.7. The van der Waals surface area contributed by atoms with Crippen molar-refractivity contribution in [1.29, 1.82) is 0 Å². The van der Waals surface area contributed by atoms with E-state index in [2.05, 4.69) is 20.2 Å². The number of aromatic nitrogens is 5. The Balaban J connectivity index is 1.53. The van der Waals surface area contributed by atoms with Crippen LogP contribution in [0.5, 0.6) is 0 Å². The smallest absolute Gasteiger partial charge is 0.226 e. The second-order valence-electron chi connectivity index (χ2n) is 9.17. The summed E-state index contributed by atoms with van der Waals surface area (Å²) in [5.74, 6) is -0.458. The van der Waals surface area contributed by atoms with Gasteiger partial charge in [0.05, 0.1) is 37.2 Å². The van der Waals surface area contributed by atoms with E-state index >= 15 is 8.78 Å². The lowest BCUT2D eigenvalue weighted by atomic mass is 10.0. The summed E-state index contributed by atoms with van der Waals surface area (Å²) >= 11 is 0. The average Bonchev–Trinajstić information content (AvgIpc) is 3.54. The molecule has 0 unspecified atom stereocenters. The molecule has 5 heterocycles. The second-order valence-corrected chi connectivity index (χ2v) is 9.17. The number of hydrogen-bond donors (Lipinski definition) is 1. The molecule has 186 valence electrons. The van der Waals surface area contributed by atoms with Crippen LogP contribution in [-0.4, -0.2) is 63.2 Å². The van der Waals surface area contributed by atoms with E-state index in [1.165, 1.54) is 17.0 Å². The number of halogens is 2. The first-order chi connectivity index (χ1) is 17.5. The molecule has 2 saturated heterocycles. The van der Waals surface area contributed by atoms with Gasteiger partial charge in [-0.25, -0.2) is 13.8 Å². The summed E-state index contributed by atoms with van der Waals surface area (Å²) in [6, 6.07) is 5.95. The SMILES string of the molecule is C[C@@H]1COCCN1c1cc(-c2c(F)cc(N3CCCCC3=O)cc2F)c2cnn(-c3ccn[nH]3)c2n1. The molecule has 0 radical (unpaired) electrons. The number of ether oxygens (including phenoxy) is 1. The van der Waals surface area contributed by atoms with E-state index < -0.39 is 11.6 Å². The van der Waals surface area contributed by atoms with Crippen molar-refractivity contribution < 1.29 is 18.3 Å². The van der Waals surface area contributed by atoms with Gasteiger partial charge in [-0.3, -0.25) is 9.89 Å². The van der Waals surface area contributed by atoms with Crippen molar-refractivity contribution in [2.75, 3.05) is 36.1 Å². The van der Waals surface area contributed by atoms with Crippen molar-refractivity contribution in [3.8, 4) is 16.9 Å². The number of benzene rings is 1. The molecule has 9 nitrogen and oxygen atoms in total. The lowest BCUT2D eigenvalue weighted by Crippen LogP contribution is -2.44. The van der Waals surface area contributed by atoms with Gasteiger partial charge in [0.15, 0.2) is 11.5 Å². The molecule has 4 aromatic rings. The monoisotopic (exact) mass is 493 g/mol. The highest BCUT2D eigenvalue weighted by molar-refractivity contribution is 5.97. The Kier molecular flexibility index (Phi) is 5.63. The van der Waals surface area contributed by atoms with Gasteiger partial charge >= 0.3 is 0 Å². The van der Waals surface area contributed by atoms with Gasteiger partial charge in [-0.15, -0.1) is 0 Å². The van der Waals surface area contributed by atoms with Gasteiger partial charge in [-0.1, -0.05) is 0 Å². The Morgan fingerprint density at radius 1 is 1.14 bits per heavy atom. The zero-order valence-electron chi connectivity index (χ0n) is 19.7. The van der Waals surface area contributed by atoms with Crippen LogP contribution in [0.4, 0.5) is 20.3 Å². The lowest BCUT2D eigenvalue weighted by Gasteiger charge is -2.34. The minimum atomic E-state index is -0.744. The number of amides is 1. The molecule has 0 bridgehead atoms. The van der Waals surface area contributed by atoms with E-state index in [0.717, 1.165) is 12.8 Å². The summed E-state index contributed by atoms with van der Waals surface area (Å²) in [5, 5.41) is 11.8. The highest BCUT2D eigenvalue weighted by Gasteiger charge is 2.27. The number of morpholine rings is 1. The van der Waals surface area contributed by atoms with Crippen molar-refractivity contribution in [3.05, 3.63) is 48.3 Å². The molecule has 36 heavy (non-hydrogen) atoms. The standard InChI is InChI=1S/C25H25F2N7O2/c1-15-14-36-9-8-32(15)22-12-17(18-13-29-34(25(18)30-22)21-5-6-28-31-21)24-19(26)10-16(11-20(24)27)33-7-3-2-4-23(33)35/h5-6,10-13,15H,2-4,7-9,14H2,1H3,(H,28,31)/t15-/m1/s1. The molecule has 0 aliphatic carbocycles. The van der Waals surface area contributed by atoms with Crippen LogP contribution in [0.1, 0.15) is 26.2 Å². The number of rotatable bonds is 4. The van der Waals surface area contributed by atoms with Crippen LogP contribution < -0.4 is 9.80 Å². The Bertz CT molecular complexity index is 1410. The van der Waals surface area contributed by atoms with Crippen molar-refractivity contribution in [3.63, 3.8) is 0 Å². The molecule has 1 atom stereocenters. The van der Waals surface area contributed by atoms with E-state index in [4.69, 9.17) is 9.72 Å². The number of nitrogens with one attached hydrogen (secondary N) is 1. The normalized spacial score (nSPS) is 18.9. The van der Waals surface area contributed by atoms with Crippen LogP contribution in [0.3, 0.4) is 0 Å². The number of nitrogens with zero attached hydrogens (tertiary/aromatic N) is 6. The first-order valence-electron chi connectivity index (χ1n) is 12.0. The number of carbonyl (C=O) groups excluding carboxylic acids is 1. The molecule has 2 aliphatic rings. The first-order valence-corrected chi connectivity index (χ1v) is 12.0. The molecule has 11 heteroatoms. The molecule has 3 aromatic heterocycles. The summed E-state index contributed by atoms with van der Waals surface area (Å²) < 4.78 is 38.5. The summed E-state index contributed by atoms with van der Waals surface area (Å²) in [7, 11) is 0. The van der Waals surface area contributed by atoms with Gasteiger partial charge in [-0.05, 0) is 38.0 Å². The fraction of sp³-hybridized carbons (Fsp3) is 0.360. The summed E-state index contributed by atoms with van der Waals surface area (Å²) in [4.78, 5) is 20.7. The fourth-order valence-corrected chi connectivity index (χ4v) is 5.00. The van der Waals surface area contributed by atoms with Gasteiger partial charge in [0.1, 0.15) is 17.5 Å². The molecular weight excluding hydrogens is 468 g/mol. The summed E-state index contributed by atoms with van der Waals surface area (Å²) in [6.07, 6.45) is 5.11. The van der Waals surface area contributed by atoms with Gasteiger partial charge in [-0.2, -0.15) is 14.9 Å². The minimum Gasteiger partial charge on any atom is -0.377 e. The minimum absolute atomic E-state index is 0.0299. The topological polar surface area (TPSA) is 92.2 Å².